The van der Waals surface area contributed by atoms with E-state index in [0.29, 0.717) is 22.6 Å². The number of nitrogens with zero attached hydrogens (tertiary/aromatic N) is 7. The number of rotatable bonds is 5. The summed E-state index contributed by atoms with van der Waals surface area (Å²) >= 11 is 0. The number of carbonyl (C=O) groups is 1. The highest BCUT2D eigenvalue weighted by atomic mass is 19.3. The minimum atomic E-state index is -3.15. The van der Waals surface area contributed by atoms with Crippen molar-refractivity contribution in [1.82, 2.24) is 29.4 Å². The maximum atomic E-state index is 14.0. The summed E-state index contributed by atoms with van der Waals surface area (Å²) in [6.07, 6.45) is 4.68. The number of aromatic nitrogens is 6. The zero-order chi connectivity index (χ0) is 24.9. The second kappa shape index (κ2) is 8.08. The Labute approximate surface area is 196 Å². The van der Waals surface area contributed by atoms with Gasteiger partial charge in [0.15, 0.2) is 5.65 Å². The van der Waals surface area contributed by atoms with Crippen molar-refractivity contribution in [3.05, 3.63) is 65.3 Å². The number of nitriles is 1. The summed E-state index contributed by atoms with van der Waals surface area (Å²) in [6, 6.07) is 5.93. The summed E-state index contributed by atoms with van der Waals surface area (Å²) in [4.78, 5) is 21.3. The lowest BCUT2D eigenvalue weighted by Gasteiger charge is -2.23. The molecule has 2 atom stereocenters. The number of alkyl halides is 2. The first-order valence-electron chi connectivity index (χ1n) is 10.4. The van der Waals surface area contributed by atoms with Crippen LogP contribution < -0.4 is 10.1 Å². The van der Waals surface area contributed by atoms with Crippen molar-refractivity contribution >= 4 is 17.2 Å². The van der Waals surface area contributed by atoms with Gasteiger partial charge in [-0.1, -0.05) is 0 Å². The number of fused-ring (bicyclic) bond motifs is 3. The number of amides is 1. The van der Waals surface area contributed by atoms with Crippen LogP contribution in [0.25, 0.3) is 5.65 Å². The minimum Gasteiger partial charge on any atom is -0.415 e. The number of carbonyl (C=O) groups excluding carboxylic acids is 1. The molecule has 10 nitrogen and oxygen atoms in total. The van der Waals surface area contributed by atoms with E-state index in [1.807, 2.05) is 13.0 Å². The molecular formula is C22H17F3N8O2. The van der Waals surface area contributed by atoms with Crippen molar-refractivity contribution in [2.45, 2.75) is 31.3 Å². The number of halogens is 3. The molecule has 0 aromatic carbocycles. The van der Waals surface area contributed by atoms with Gasteiger partial charge >= 0.3 is 6.61 Å². The Bertz CT molecular complexity index is 1510. The van der Waals surface area contributed by atoms with Crippen molar-refractivity contribution in [2.75, 3.05) is 5.32 Å². The van der Waals surface area contributed by atoms with E-state index >= 15 is 0 Å². The second-order valence-electron chi connectivity index (χ2n) is 8.32. The zero-order valence-electron chi connectivity index (χ0n) is 18.4. The number of nitrogens with one attached hydrogen (secondary N) is 1. The highest BCUT2D eigenvalue weighted by Crippen LogP contribution is 2.49. The maximum Gasteiger partial charge on any atom is 0.388 e. The molecule has 0 radical (unpaired) electrons. The van der Waals surface area contributed by atoms with Crippen LogP contribution in [0.5, 0.6) is 5.88 Å². The third kappa shape index (κ3) is 3.72. The van der Waals surface area contributed by atoms with Crippen molar-refractivity contribution in [1.29, 1.82) is 5.26 Å². The summed E-state index contributed by atoms with van der Waals surface area (Å²) in [5.74, 6) is -2.43. The van der Waals surface area contributed by atoms with Gasteiger partial charge in [0, 0.05) is 31.1 Å². The second-order valence-corrected chi connectivity index (χ2v) is 8.32. The first-order valence-corrected chi connectivity index (χ1v) is 10.4. The molecule has 0 saturated heterocycles. The Kier molecular flexibility index (Phi) is 5.16. The number of pyridine rings is 1. The Balaban J connectivity index is 1.54. The number of hydrogen-bond acceptors (Lipinski definition) is 7. The molecule has 0 saturated carbocycles. The summed E-state index contributed by atoms with van der Waals surface area (Å²) < 4.78 is 46.3. The van der Waals surface area contributed by atoms with Gasteiger partial charge in [0.05, 0.1) is 34.6 Å². The van der Waals surface area contributed by atoms with Crippen LogP contribution in [0.15, 0.2) is 36.8 Å². The molecule has 0 bridgehead atoms. The maximum absolute atomic E-state index is 14.0. The van der Waals surface area contributed by atoms with Crippen LogP contribution in [-0.4, -0.2) is 41.9 Å². The molecule has 0 spiro atoms. The van der Waals surface area contributed by atoms with Gasteiger partial charge in [0.1, 0.15) is 11.6 Å². The van der Waals surface area contributed by atoms with E-state index in [1.165, 1.54) is 22.8 Å². The summed E-state index contributed by atoms with van der Waals surface area (Å²) in [6.45, 7) is -1.25. The Morgan fingerprint density at radius 1 is 1.31 bits per heavy atom. The van der Waals surface area contributed by atoms with Crippen LogP contribution in [0.4, 0.5) is 18.9 Å². The van der Waals surface area contributed by atoms with E-state index in [4.69, 9.17) is 0 Å². The van der Waals surface area contributed by atoms with Crippen LogP contribution in [0.1, 0.15) is 41.8 Å². The normalized spacial score (nSPS) is 19.1. The SMILES string of the molecule is Cn1ccc([C@]2(C)C[C@H](C(=O)Nc3cnc(OC(F)F)c(C#N)c3)c3cnc4cc(F)nn4c32)n1. The lowest BCUT2D eigenvalue weighted by molar-refractivity contribution is -0.117. The number of aryl methyl sites for hydroxylation is 1. The molecule has 0 aliphatic heterocycles. The van der Waals surface area contributed by atoms with E-state index < -0.39 is 35.7 Å². The van der Waals surface area contributed by atoms with Crippen molar-refractivity contribution in [2.24, 2.45) is 7.05 Å². The van der Waals surface area contributed by atoms with E-state index in [0.717, 1.165) is 6.20 Å². The van der Waals surface area contributed by atoms with Gasteiger partial charge in [0.25, 0.3) is 0 Å². The van der Waals surface area contributed by atoms with Crippen molar-refractivity contribution in [3.8, 4) is 11.9 Å². The standard InChI is InChI=1S/C22H17F3N8O2/c1-22(15-3-4-32(2)30-15)7-13(14-10-27-17-6-16(23)31-33(17)18(14)22)19(34)29-12-5-11(8-26)20(28-9-12)35-21(24)25/h3-6,9-10,13,21H,7H2,1-2H3,(H,29,34)/t13-,22-/m0/s1. The molecule has 1 amide bonds. The number of ether oxygens (including phenoxy) is 1. The predicted molar refractivity (Wildman–Crippen MR) is 114 cm³/mol. The average Bonchev–Trinajstić information content (AvgIpc) is 3.49. The van der Waals surface area contributed by atoms with Gasteiger partial charge in [-0.15, -0.1) is 5.10 Å². The van der Waals surface area contributed by atoms with Gasteiger partial charge in [-0.3, -0.25) is 9.48 Å². The van der Waals surface area contributed by atoms with Crippen molar-refractivity contribution < 1.29 is 22.7 Å². The third-order valence-electron chi connectivity index (χ3n) is 6.03. The molecule has 178 valence electrons. The van der Waals surface area contributed by atoms with Crippen LogP contribution in [-0.2, 0) is 17.3 Å². The predicted octanol–water partition coefficient (Wildman–Crippen LogP) is 2.90. The molecule has 1 aliphatic rings. The summed E-state index contributed by atoms with van der Waals surface area (Å²) in [5.41, 5.74) is 1.15. The van der Waals surface area contributed by atoms with E-state index in [2.05, 4.69) is 30.2 Å². The largest absolute Gasteiger partial charge is 0.415 e. The molecule has 4 aromatic heterocycles. The fraction of sp³-hybridized carbons (Fsp3) is 0.273. The monoisotopic (exact) mass is 482 g/mol. The van der Waals surface area contributed by atoms with Crippen LogP contribution in [0.2, 0.25) is 0 Å². The molecule has 4 heterocycles. The highest BCUT2D eigenvalue weighted by Gasteiger charge is 2.48. The lowest BCUT2D eigenvalue weighted by atomic mass is 9.82. The van der Waals surface area contributed by atoms with Gasteiger partial charge in [-0.2, -0.15) is 23.5 Å². The fourth-order valence-corrected chi connectivity index (χ4v) is 4.52. The molecule has 0 fully saturated rings. The summed E-state index contributed by atoms with van der Waals surface area (Å²) in [5, 5.41) is 20.4. The smallest absolute Gasteiger partial charge is 0.388 e. The number of anilines is 1. The van der Waals surface area contributed by atoms with Crippen LogP contribution in [0.3, 0.4) is 0 Å². The van der Waals surface area contributed by atoms with Crippen LogP contribution >= 0.6 is 0 Å². The quantitative estimate of drug-likeness (QED) is 0.464. The fourth-order valence-electron chi connectivity index (χ4n) is 4.52. The molecule has 1 N–H and O–H groups in total. The van der Waals surface area contributed by atoms with Gasteiger partial charge in [0.2, 0.25) is 17.7 Å². The molecule has 4 aromatic rings. The molecule has 1 aliphatic carbocycles. The Morgan fingerprint density at radius 2 is 2.11 bits per heavy atom. The Morgan fingerprint density at radius 3 is 2.80 bits per heavy atom. The molecule has 0 unspecified atom stereocenters. The topological polar surface area (TPSA) is 123 Å². The van der Waals surface area contributed by atoms with Gasteiger partial charge in [-0.25, -0.2) is 14.5 Å². The molecule has 5 rings (SSSR count). The highest BCUT2D eigenvalue weighted by molar-refractivity contribution is 5.97. The van der Waals surface area contributed by atoms with Crippen LogP contribution in [0, 0.1) is 17.3 Å². The first-order chi connectivity index (χ1) is 16.7. The lowest BCUT2D eigenvalue weighted by Crippen LogP contribution is -2.26. The van der Waals surface area contributed by atoms with E-state index in [1.54, 1.807) is 24.0 Å². The third-order valence-corrected chi connectivity index (χ3v) is 6.03. The van der Waals surface area contributed by atoms with Crippen molar-refractivity contribution in [3.63, 3.8) is 0 Å². The summed E-state index contributed by atoms with van der Waals surface area (Å²) in [7, 11) is 1.77. The minimum absolute atomic E-state index is 0.125. The molecule has 13 heteroatoms. The number of hydrogen-bond donors (Lipinski definition) is 1. The van der Waals surface area contributed by atoms with Gasteiger partial charge < -0.3 is 10.1 Å². The zero-order valence-corrected chi connectivity index (χ0v) is 18.4. The Hall–Kier alpha value is -4.47. The van der Waals surface area contributed by atoms with E-state index in [-0.39, 0.29) is 17.7 Å². The molecule has 35 heavy (non-hydrogen) atoms. The first kappa shape index (κ1) is 22.3. The average molecular weight is 482 g/mol. The van der Waals surface area contributed by atoms with E-state index in [9.17, 15) is 23.2 Å². The van der Waals surface area contributed by atoms with Gasteiger partial charge in [-0.05, 0) is 25.5 Å². The molecular weight excluding hydrogens is 465 g/mol.